The summed E-state index contributed by atoms with van der Waals surface area (Å²) in [5.74, 6) is 6.39. The van der Waals surface area contributed by atoms with Crippen LogP contribution in [-0.4, -0.2) is 6.54 Å². The maximum Gasteiger partial charge on any atom is 0.00997 e. The molecule has 0 heterocycles. The van der Waals surface area contributed by atoms with Crippen LogP contribution in [0.15, 0.2) is 0 Å². The first kappa shape index (κ1) is 12.5. The van der Waals surface area contributed by atoms with E-state index in [1.165, 1.54) is 32.1 Å². The standard InChI is InChI=1S/C12H22N/c1-2-3-4-5-6-7-8-9-10-11-12-13/h13H,2-4,7-12H2,1H3. The number of nitrogens with one attached hydrogen (secondary N) is 1. The molecule has 0 rings (SSSR count). The summed E-state index contributed by atoms with van der Waals surface area (Å²) < 4.78 is 0. The van der Waals surface area contributed by atoms with Gasteiger partial charge in [-0.25, -0.2) is 0 Å². The van der Waals surface area contributed by atoms with Crippen molar-refractivity contribution in [2.75, 3.05) is 6.54 Å². The third-order valence-corrected chi connectivity index (χ3v) is 2.01. The Balaban J connectivity index is 2.99. The van der Waals surface area contributed by atoms with Gasteiger partial charge in [0.15, 0.2) is 0 Å². The van der Waals surface area contributed by atoms with Gasteiger partial charge in [0.25, 0.3) is 0 Å². The van der Waals surface area contributed by atoms with Gasteiger partial charge in [-0.1, -0.05) is 26.2 Å². The van der Waals surface area contributed by atoms with E-state index in [2.05, 4.69) is 18.8 Å². The van der Waals surface area contributed by atoms with Gasteiger partial charge in [0.05, 0.1) is 0 Å². The largest absolute Gasteiger partial charge is 0.258 e. The maximum atomic E-state index is 6.97. The zero-order valence-corrected chi connectivity index (χ0v) is 8.86. The van der Waals surface area contributed by atoms with E-state index in [1.807, 2.05) is 0 Å². The first-order valence-electron chi connectivity index (χ1n) is 5.52. The summed E-state index contributed by atoms with van der Waals surface area (Å²) in [5.41, 5.74) is 6.97. The third kappa shape index (κ3) is 11.5. The molecule has 13 heavy (non-hydrogen) atoms. The number of hydrogen-bond acceptors (Lipinski definition) is 0. The Hall–Kier alpha value is -0.480. The average Bonchev–Trinajstić information content (AvgIpc) is 2.16. The van der Waals surface area contributed by atoms with Gasteiger partial charge < -0.3 is 0 Å². The fourth-order valence-electron chi connectivity index (χ4n) is 1.13. The average molecular weight is 180 g/mol. The second-order valence-electron chi connectivity index (χ2n) is 3.37. The van der Waals surface area contributed by atoms with Gasteiger partial charge in [-0.2, -0.15) is 0 Å². The minimum Gasteiger partial charge on any atom is -0.258 e. The lowest BCUT2D eigenvalue weighted by molar-refractivity contribution is 0.652. The monoisotopic (exact) mass is 180 g/mol. The van der Waals surface area contributed by atoms with Crippen molar-refractivity contribution in [2.45, 2.75) is 58.3 Å². The number of rotatable bonds is 7. The Bertz CT molecular complexity index is 141. The smallest absolute Gasteiger partial charge is 0.00997 e. The van der Waals surface area contributed by atoms with Crippen molar-refractivity contribution in [3.63, 3.8) is 0 Å². The number of hydrogen-bond donors (Lipinski definition) is 0. The van der Waals surface area contributed by atoms with E-state index < -0.39 is 0 Å². The molecule has 0 aromatic rings. The summed E-state index contributed by atoms with van der Waals surface area (Å²) in [6.07, 6.45) is 9.36. The van der Waals surface area contributed by atoms with Crippen LogP contribution in [0.3, 0.4) is 0 Å². The van der Waals surface area contributed by atoms with Crippen LogP contribution in [0.25, 0.3) is 0 Å². The Morgan fingerprint density at radius 3 is 2.08 bits per heavy atom. The second-order valence-corrected chi connectivity index (χ2v) is 3.37. The third-order valence-electron chi connectivity index (χ3n) is 2.01. The molecule has 0 unspecified atom stereocenters. The molecule has 0 aliphatic heterocycles. The summed E-state index contributed by atoms with van der Waals surface area (Å²) in [7, 11) is 0. The molecule has 1 nitrogen and oxygen atoms in total. The summed E-state index contributed by atoms with van der Waals surface area (Å²) in [6.45, 7) is 2.78. The summed E-state index contributed by atoms with van der Waals surface area (Å²) in [5, 5.41) is 0. The molecule has 0 aliphatic carbocycles. The molecular weight excluding hydrogens is 158 g/mol. The molecular formula is C12H22N. The SMILES string of the molecule is CCCCC#CCCCCCC[NH]. The minimum absolute atomic E-state index is 0.585. The Kier molecular flexibility index (Phi) is 11.1. The molecule has 1 N–H and O–H groups in total. The highest BCUT2D eigenvalue weighted by Gasteiger charge is 1.86. The lowest BCUT2D eigenvalue weighted by Gasteiger charge is -1.94. The Morgan fingerprint density at radius 1 is 0.846 bits per heavy atom. The zero-order chi connectivity index (χ0) is 9.78. The lowest BCUT2D eigenvalue weighted by atomic mass is 10.1. The summed E-state index contributed by atoms with van der Waals surface area (Å²) in [6, 6.07) is 0. The fourth-order valence-corrected chi connectivity index (χ4v) is 1.13. The normalized spacial score (nSPS) is 9.38. The van der Waals surface area contributed by atoms with E-state index in [0.717, 1.165) is 19.3 Å². The van der Waals surface area contributed by atoms with E-state index >= 15 is 0 Å². The molecule has 0 fully saturated rings. The van der Waals surface area contributed by atoms with Crippen LogP contribution < -0.4 is 5.73 Å². The van der Waals surface area contributed by atoms with Crippen molar-refractivity contribution in [2.24, 2.45) is 0 Å². The highest BCUT2D eigenvalue weighted by atomic mass is 14.5. The van der Waals surface area contributed by atoms with Gasteiger partial charge in [-0.15, -0.1) is 11.8 Å². The van der Waals surface area contributed by atoms with E-state index in [4.69, 9.17) is 5.73 Å². The zero-order valence-electron chi connectivity index (χ0n) is 8.86. The van der Waals surface area contributed by atoms with Gasteiger partial charge in [-0.3, -0.25) is 5.73 Å². The molecule has 0 saturated carbocycles. The van der Waals surface area contributed by atoms with E-state index in [1.54, 1.807) is 0 Å². The molecule has 75 valence electrons. The molecule has 1 heteroatoms. The molecule has 0 amide bonds. The van der Waals surface area contributed by atoms with Crippen LogP contribution >= 0.6 is 0 Å². The first-order chi connectivity index (χ1) is 6.41. The molecule has 0 aromatic heterocycles. The van der Waals surface area contributed by atoms with Crippen molar-refractivity contribution in [1.82, 2.24) is 5.73 Å². The molecule has 0 spiro atoms. The number of unbranched alkanes of at least 4 members (excludes halogenated alkanes) is 6. The van der Waals surface area contributed by atoms with Crippen molar-refractivity contribution >= 4 is 0 Å². The molecule has 0 atom stereocenters. The van der Waals surface area contributed by atoms with Crippen molar-refractivity contribution < 1.29 is 0 Å². The van der Waals surface area contributed by atoms with E-state index in [-0.39, 0.29) is 0 Å². The van der Waals surface area contributed by atoms with Crippen LogP contribution in [0.4, 0.5) is 0 Å². The maximum absolute atomic E-state index is 6.97. The summed E-state index contributed by atoms with van der Waals surface area (Å²) in [4.78, 5) is 0. The quantitative estimate of drug-likeness (QED) is 0.423. The van der Waals surface area contributed by atoms with Gasteiger partial charge in [0.1, 0.15) is 0 Å². The van der Waals surface area contributed by atoms with Crippen LogP contribution in [0.5, 0.6) is 0 Å². The molecule has 1 radical (unpaired) electrons. The minimum atomic E-state index is 0.585. The van der Waals surface area contributed by atoms with Gasteiger partial charge in [0, 0.05) is 19.4 Å². The second kappa shape index (κ2) is 11.5. The van der Waals surface area contributed by atoms with Crippen molar-refractivity contribution in [3.05, 3.63) is 0 Å². The lowest BCUT2D eigenvalue weighted by Crippen LogP contribution is -1.84. The van der Waals surface area contributed by atoms with Crippen molar-refractivity contribution in [3.8, 4) is 11.8 Å². The molecule has 0 bridgehead atoms. The van der Waals surface area contributed by atoms with Crippen LogP contribution in [-0.2, 0) is 0 Å². The predicted molar refractivity (Wildman–Crippen MR) is 58.3 cm³/mol. The van der Waals surface area contributed by atoms with E-state index in [0.29, 0.717) is 6.54 Å². The van der Waals surface area contributed by atoms with Crippen LogP contribution in [0, 0.1) is 11.8 Å². The fraction of sp³-hybridized carbons (Fsp3) is 0.833. The molecule has 0 aromatic carbocycles. The first-order valence-corrected chi connectivity index (χ1v) is 5.52. The van der Waals surface area contributed by atoms with Crippen LogP contribution in [0.2, 0.25) is 0 Å². The van der Waals surface area contributed by atoms with E-state index in [9.17, 15) is 0 Å². The summed E-state index contributed by atoms with van der Waals surface area (Å²) >= 11 is 0. The van der Waals surface area contributed by atoms with Gasteiger partial charge in [-0.05, 0) is 19.3 Å². The highest BCUT2D eigenvalue weighted by molar-refractivity contribution is 4.98. The van der Waals surface area contributed by atoms with Gasteiger partial charge >= 0.3 is 0 Å². The molecule has 0 saturated heterocycles. The topological polar surface area (TPSA) is 23.8 Å². The Labute approximate surface area is 83.1 Å². The highest BCUT2D eigenvalue weighted by Crippen LogP contribution is 2.01. The molecule has 0 aliphatic rings. The van der Waals surface area contributed by atoms with Crippen LogP contribution in [0.1, 0.15) is 58.3 Å². The predicted octanol–water partition coefficient (Wildman–Crippen LogP) is 3.41. The van der Waals surface area contributed by atoms with Crippen molar-refractivity contribution in [1.29, 1.82) is 0 Å². The van der Waals surface area contributed by atoms with Gasteiger partial charge in [0.2, 0.25) is 0 Å². The Morgan fingerprint density at radius 2 is 1.46 bits per heavy atom.